The van der Waals surface area contributed by atoms with E-state index in [-0.39, 0.29) is 29.6 Å². The number of rotatable bonds is 7. The van der Waals surface area contributed by atoms with Gasteiger partial charge in [0.2, 0.25) is 0 Å². The van der Waals surface area contributed by atoms with Gasteiger partial charge in [0, 0.05) is 32.3 Å². The number of ketones is 1. The van der Waals surface area contributed by atoms with Crippen molar-refractivity contribution >= 4 is 23.2 Å². The van der Waals surface area contributed by atoms with Gasteiger partial charge in [-0.2, -0.15) is 9.90 Å². The summed E-state index contributed by atoms with van der Waals surface area (Å²) in [6, 6.07) is 10.9. The molecule has 31 heavy (non-hydrogen) atoms. The van der Waals surface area contributed by atoms with E-state index in [9.17, 15) is 9.59 Å². The van der Waals surface area contributed by atoms with E-state index < -0.39 is 5.91 Å². The predicted molar refractivity (Wildman–Crippen MR) is 112 cm³/mol. The number of hydrogen-bond donors (Lipinski definition) is 1. The number of furan rings is 1. The van der Waals surface area contributed by atoms with Crippen molar-refractivity contribution in [2.24, 2.45) is 0 Å². The van der Waals surface area contributed by atoms with Crippen molar-refractivity contribution in [2.75, 3.05) is 24.3 Å². The van der Waals surface area contributed by atoms with Crippen LogP contribution in [0, 0.1) is 0 Å². The molecule has 10 nitrogen and oxygen atoms in total. The van der Waals surface area contributed by atoms with E-state index in [1.807, 2.05) is 43.3 Å². The third-order valence-corrected chi connectivity index (χ3v) is 4.49. The van der Waals surface area contributed by atoms with Gasteiger partial charge in [0.25, 0.3) is 5.91 Å². The first-order chi connectivity index (χ1) is 14.9. The molecule has 1 amide bonds. The van der Waals surface area contributed by atoms with E-state index >= 15 is 0 Å². The summed E-state index contributed by atoms with van der Waals surface area (Å²) in [7, 11) is 3.86. The van der Waals surface area contributed by atoms with Crippen molar-refractivity contribution in [1.29, 1.82) is 0 Å². The van der Waals surface area contributed by atoms with Crippen molar-refractivity contribution < 1.29 is 18.4 Å². The topological polar surface area (TPSA) is 119 Å². The normalized spacial score (nSPS) is 10.8. The molecule has 0 radical (unpaired) electrons. The molecule has 0 aliphatic carbocycles. The van der Waals surface area contributed by atoms with Gasteiger partial charge in [0.05, 0.1) is 6.20 Å². The Morgan fingerprint density at radius 3 is 2.77 bits per heavy atom. The van der Waals surface area contributed by atoms with Crippen LogP contribution >= 0.6 is 0 Å². The molecule has 4 aromatic rings. The molecule has 0 saturated carbocycles. The average molecular weight is 420 g/mol. The van der Waals surface area contributed by atoms with E-state index in [1.165, 1.54) is 24.3 Å². The van der Waals surface area contributed by atoms with Crippen LogP contribution in [0.5, 0.6) is 0 Å². The molecule has 4 rings (SSSR count). The zero-order chi connectivity index (χ0) is 22.0. The second-order valence-electron chi connectivity index (χ2n) is 7.01. The highest BCUT2D eigenvalue weighted by Gasteiger charge is 2.20. The molecular formula is C21H20N6O4. The molecule has 10 heteroatoms. The number of oxazole rings is 1. The lowest BCUT2D eigenvalue weighted by molar-refractivity contribution is 0.0983. The van der Waals surface area contributed by atoms with Crippen LogP contribution in [0.25, 0.3) is 11.3 Å². The number of hydrogen-bond acceptors (Lipinski definition) is 8. The fourth-order valence-electron chi connectivity index (χ4n) is 2.94. The Morgan fingerprint density at radius 1 is 1.19 bits per heavy atom. The van der Waals surface area contributed by atoms with Crippen molar-refractivity contribution in [3.05, 3.63) is 66.2 Å². The van der Waals surface area contributed by atoms with Gasteiger partial charge in [-0.1, -0.05) is 12.1 Å². The van der Waals surface area contributed by atoms with E-state index in [0.717, 1.165) is 11.3 Å². The lowest BCUT2D eigenvalue weighted by Gasteiger charge is -2.13. The Bertz CT molecular complexity index is 1240. The first-order valence-corrected chi connectivity index (χ1v) is 9.43. The van der Waals surface area contributed by atoms with Gasteiger partial charge in [-0.15, -0.1) is 5.10 Å². The molecular weight excluding hydrogens is 400 g/mol. The minimum absolute atomic E-state index is 0.141. The van der Waals surface area contributed by atoms with Gasteiger partial charge in [-0.25, -0.2) is 4.98 Å². The number of nitrogens with zero attached hydrogens (tertiary/aromatic N) is 5. The predicted octanol–water partition coefficient (Wildman–Crippen LogP) is 3.10. The molecule has 0 aliphatic heterocycles. The van der Waals surface area contributed by atoms with Crippen LogP contribution in [0.15, 0.2) is 57.8 Å². The monoisotopic (exact) mass is 420 g/mol. The second-order valence-corrected chi connectivity index (χ2v) is 7.01. The van der Waals surface area contributed by atoms with Crippen molar-refractivity contribution in [3.63, 3.8) is 0 Å². The highest BCUT2D eigenvalue weighted by Crippen LogP contribution is 2.27. The summed E-state index contributed by atoms with van der Waals surface area (Å²) in [4.78, 5) is 31.5. The Kier molecular flexibility index (Phi) is 5.35. The Morgan fingerprint density at radius 2 is 2.03 bits per heavy atom. The van der Waals surface area contributed by atoms with Gasteiger partial charge in [0.15, 0.2) is 35.2 Å². The van der Waals surface area contributed by atoms with Gasteiger partial charge in [-0.05, 0) is 24.3 Å². The third-order valence-electron chi connectivity index (χ3n) is 4.49. The maximum absolute atomic E-state index is 12.8. The molecule has 1 aromatic carbocycles. The first-order valence-electron chi connectivity index (χ1n) is 9.43. The van der Waals surface area contributed by atoms with Gasteiger partial charge >= 0.3 is 0 Å². The highest BCUT2D eigenvalue weighted by molar-refractivity contribution is 6.05. The molecule has 0 aliphatic rings. The smallest absolute Gasteiger partial charge is 0.279 e. The fourth-order valence-corrected chi connectivity index (χ4v) is 2.94. The Balaban J connectivity index is 1.48. The van der Waals surface area contributed by atoms with E-state index in [0.29, 0.717) is 11.5 Å². The summed E-state index contributed by atoms with van der Waals surface area (Å²) in [6.45, 7) is 1.65. The lowest BCUT2D eigenvalue weighted by Crippen LogP contribution is -2.14. The number of amides is 1. The largest absolute Gasteiger partial charge is 0.456 e. The van der Waals surface area contributed by atoms with Gasteiger partial charge < -0.3 is 19.1 Å². The lowest BCUT2D eigenvalue weighted by atomic mass is 10.1. The van der Waals surface area contributed by atoms with Gasteiger partial charge in [0.1, 0.15) is 12.3 Å². The third kappa shape index (κ3) is 4.37. The number of aromatic nitrogens is 4. The van der Waals surface area contributed by atoms with E-state index in [4.69, 9.17) is 8.83 Å². The molecule has 0 saturated heterocycles. The van der Waals surface area contributed by atoms with Crippen molar-refractivity contribution in [2.45, 2.75) is 13.5 Å². The SMILES string of the molecule is CC(=O)c1ccc(Cn2ncc(NC(=O)c3ncoc3-c3cccc(N(C)C)c3)n2)o1. The van der Waals surface area contributed by atoms with Crippen molar-refractivity contribution in [3.8, 4) is 11.3 Å². The molecule has 0 spiro atoms. The molecule has 158 valence electrons. The minimum atomic E-state index is -0.470. The van der Waals surface area contributed by atoms with Crippen LogP contribution < -0.4 is 10.2 Å². The molecule has 3 aromatic heterocycles. The van der Waals surface area contributed by atoms with E-state index in [1.54, 1.807) is 12.1 Å². The molecule has 0 atom stereocenters. The maximum atomic E-state index is 12.8. The summed E-state index contributed by atoms with van der Waals surface area (Å²) in [5, 5.41) is 11.0. The number of Topliss-reactive ketones (excluding diaryl/α,β-unsaturated/α-hetero) is 1. The molecule has 0 unspecified atom stereocenters. The maximum Gasteiger partial charge on any atom is 0.279 e. The molecule has 1 N–H and O–H groups in total. The number of carbonyl (C=O) groups is 2. The Labute approximate surface area is 177 Å². The van der Waals surface area contributed by atoms with E-state index in [2.05, 4.69) is 20.5 Å². The van der Waals surface area contributed by atoms with Crippen LogP contribution in [0.3, 0.4) is 0 Å². The minimum Gasteiger partial charge on any atom is -0.456 e. The number of anilines is 2. The van der Waals surface area contributed by atoms with Crippen LogP contribution in [0.2, 0.25) is 0 Å². The fraction of sp³-hybridized carbons (Fsp3) is 0.190. The van der Waals surface area contributed by atoms with Crippen molar-refractivity contribution in [1.82, 2.24) is 20.0 Å². The molecule has 0 bridgehead atoms. The standard InChI is InChI=1S/C21H20N6O4/c1-13(28)17-8-7-16(31-17)11-27-23-10-18(25-27)24-21(29)19-20(30-12-22-19)14-5-4-6-15(9-14)26(2)3/h4-10,12H,11H2,1-3H3,(H,24,25,29). The van der Waals surface area contributed by atoms with Crippen LogP contribution in [-0.2, 0) is 6.54 Å². The summed E-state index contributed by atoms with van der Waals surface area (Å²) in [5.74, 6) is 0.779. The zero-order valence-corrected chi connectivity index (χ0v) is 17.2. The van der Waals surface area contributed by atoms with Gasteiger partial charge in [-0.3, -0.25) is 9.59 Å². The summed E-state index contributed by atoms with van der Waals surface area (Å²) in [6.07, 6.45) is 2.64. The number of benzene rings is 1. The summed E-state index contributed by atoms with van der Waals surface area (Å²) < 4.78 is 10.9. The first kappa shape index (κ1) is 20.1. The second kappa shape index (κ2) is 8.27. The zero-order valence-electron chi connectivity index (χ0n) is 17.2. The Hall–Kier alpha value is -4.21. The molecule has 0 fully saturated rings. The van der Waals surface area contributed by atoms with Crippen LogP contribution in [-0.4, -0.2) is 45.8 Å². The summed E-state index contributed by atoms with van der Waals surface area (Å²) >= 11 is 0. The number of nitrogens with one attached hydrogen (secondary N) is 1. The molecule has 3 heterocycles. The number of carbonyl (C=O) groups excluding carboxylic acids is 2. The van der Waals surface area contributed by atoms with Crippen LogP contribution in [0.4, 0.5) is 11.5 Å². The average Bonchev–Trinajstić information content (AvgIpc) is 3.49. The van der Waals surface area contributed by atoms with Crippen LogP contribution in [0.1, 0.15) is 33.7 Å². The highest BCUT2D eigenvalue weighted by atomic mass is 16.4. The summed E-state index contributed by atoms with van der Waals surface area (Å²) in [5.41, 5.74) is 1.84. The quantitative estimate of drug-likeness (QED) is 0.453.